The lowest BCUT2D eigenvalue weighted by atomic mass is 9.89. The van der Waals surface area contributed by atoms with Crippen LogP contribution in [0.2, 0.25) is 0 Å². The fourth-order valence-electron chi connectivity index (χ4n) is 7.50. The number of carbonyl (C=O) groups excluding carboxylic acids is 4. The zero-order valence-electron chi connectivity index (χ0n) is 34.3. The molecule has 1 aromatic carbocycles. The zero-order chi connectivity index (χ0) is 39.3. The van der Waals surface area contributed by atoms with Gasteiger partial charge in [0.1, 0.15) is 6.04 Å². The first-order valence-electron chi connectivity index (χ1n) is 19.2. The summed E-state index contributed by atoms with van der Waals surface area (Å²) >= 11 is 0. The molecular formula is C40H70N6O6. The molecule has 0 spiro atoms. The molecule has 4 amide bonds. The normalized spacial score (nSPS) is 18.7. The molecule has 1 aliphatic heterocycles. The smallest absolute Gasteiger partial charge is 0.245 e. The highest BCUT2D eigenvalue weighted by atomic mass is 16.5. The lowest BCUT2D eigenvalue weighted by Gasteiger charge is -2.41. The minimum atomic E-state index is -0.742. The van der Waals surface area contributed by atoms with Crippen LogP contribution in [0, 0.1) is 23.7 Å². The van der Waals surface area contributed by atoms with E-state index in [4.69, 9.17) is 9.47 Å². The molecule has 12 nitrogen and oxygen atoms in total. The first-order valence-corrected chi connectivity index (χ1v) is 19.2. The van der Waals surface area contributed by atoms with Gasteiger partial charge < -0.3 is 40.1 Å². The Morgan fingerprint density at radius 1 is 0.904 bits per heavy atom. The predicted octanol–water partition coefficient (Wildman–Crippen LogP) is 3.72. The summed E-state index contributed by atoms with van der Waals surface area (Å²) < 4.78 is 12.0. The minimum absolute atomic E-state index is 0.00618. The van der Waals surface area contributed by atoms with E-state index in [1.54, 1.807) is 33.2 Å². The number of methoxy groups -OCH3 is 2. The second-order valence-electron chi connectivity index (χ2n) is 15.4. The maximum Gasteiger partial charge on any atom is 0.245 e. The second kappa shape index (κ2) is 21.5. The van der Waals surface area contributed by atoms with Crippen molar-refractivity contribution in [1.29, 1.82) is 0 Å². The van der Waals surface area contributed by atoms with Crippen molar-refractivity contribution in [3.63, 3.8) is 0 Å². The molecule has 0 saturated carbocycles. The molecule has 3 N–H and O–H groups in total. The summed E-state index contributed by atoms with van der Waals surface area (Å²) in [5.74, 6) is -1.22. The fraction of sp³-hybridized carbons (Fsp3) is 0.750. The van der Waals surface area contributed by atoms with Gasteiger partial charge in [-0.1, -0.05) is 67.0 Å². The molecule has 1 heterocycles. The average Bonchev–Trinajstić information content (AvgIpc) is 3.59. The molecule has 12 heteroatoms. The van der Waals surface area contributed by atoms with Gasteiger partial charge in [0.05, 0.1) is 42.7 Å². The Morgan fingerprint density at radius 3 is 2.02 bits per heavy atom. The van der Waals surface area contributed by atoms with Crippen LogP contribution in [-0.4, -0.2) is 125 Å². The molecule has 0 bridgehead atoms. The van der Waals surface area contributed by atoms with Crippen molar-refractivity contribution in [2.24, 2.45) is 23.7 Å². The maximum absolute atomic E-state index is 14.1. The van der Waals surface area contributed by atoms with E-state index in [1.807, 2.05) is 58.5 Å². The van der Waals surface area contributed by atoms with Crippen molar-refractivity contribution in [3.05, 3.63) is 29.8 Å². The molecule has 52 heavy (non-hydrogen) atoms. The van der Waals surface area contributed by atoms with Gasteiger partial charge in [0.25, 0.3) is 0 Å². The summed E-state index contributed by atoms with van der Waals surface area (Å²) in [5, 5.41) is 9.13. The van der Waals surface area contributed by atoms with Gasteiger partial charge in [-0.25, -0.2) is 0 Å². The second-order valence-corrected chi connectivity index (χ2v) is 15.4. The SMILES string of the molecule is CC[C@H](C)[C@@H]([C@@H](CC(=O)N1CCC[C@H]1[C@H](OC)[C@@H](C)C(=O)NCCc1ccc(N(C)C)cc1)OC)N(C)C(=O)[C@@H](NC(=O)[C@@H](NC)C(C)C)C(C)C. The van der Waals surface area contributed by atoms with E-state index in [0.29, 0.717) is 19.5 Å². The Bertz CT molecular complexity index is 1270. The first kappa shape index (κ1) is 44.9. The number of carbonyl (C=O) groups is 4. The highest BCUT2D eigenvalue weighted by Crippen LogP contribution is 2.29. The van der Waals surface area contributed by atoms with E-state index in [9.17, 15) is 19.2 Å². The molecule has 1 fully saturated rings. The largest absolute Gasteiger partial charge is 0.379 e. The van der Waals surface area contributed by atoms with Gasteiger partial charge in [0.15, 0.2) is 0 Å². The fourth-order valence-corrected chi connectivity index (χ4v) is 7.50. The zero-order valence-corrected chi connectivity index (χ0v) is 34.3. The summed E-state index contributed by atoms with van der Waals surface area (Å²) in [7, 11) is 10.7. The molecule has 0 unspecified atom stereocenters. The molecular weight excluding hydrogens is 660 g/mol. The number of hydrogen-bond donors (Lipinski definition) is 3. The molecule has 8 atom stereocenters. The molecule has 2 rings (SSSR count). The topological polar surface area (TPSA) is 133 Å². The molecule has 0 radical (unpaired) electrons. The molecule has 0 aromatic heterocycles. The summed E-state index contributed by atoms with van der Waals surface area (Å²) in [6.07, 6.45) is 2.00. The lowest BCUT2D eigenvalue weighted by molar-refractivity contribution is -0.147. The number of anilines is 1. The predicted molar refractivity (Wildman–Crippen MR) is 208 cm³/mol. The van der Waals surface area contributed by atoms with Crippen LogP contribution < -0.4 is 20.9 Å². The van der Waals surface area contributed by atoms with Crippen molar-refractivity contribution in [1.82, 2.24) is 25.8 Å². The van der Waals surface area contributed by atoms with Crippen molar-refractivity contribution in [3.8, 4) is 0 Å². The van der Waals surface area contributed by atoms with Gasteiger partial charge in [-0.2, -0.15) is 0 Å². The van der Waals surface area contributed by atoms with Gasteiger partial charge in [0, 0.05) is 54.1 Å². The Balaban J connectivity index is 2.18. The van der Waals surface area contributed by atoms with Crippen molar-refractivity contribution in [2.75, 3.05) is 60.4 Å². The van der Waals surface area contributed by atoms with Crippen LogP contribution in [0.15, 0.2) is 24.3 Å². The quantitative estimate of drug-likeness (QED) is 0.175. The number of rotatable bonds is 21. The third-order valence-corrected chi connectivity index (χ3v) is 10.9. The van der Waals surface area contributed by atoms with Crippen LogP contribution in [0.5, 0.6) is 0 Å². The van der Waals surface area contributed by atoms with E-state index in [-0.39, 0.29) is 53.8 Å². The molecule has 0 aliphatic carbocycles. The van der Waals surface area contributed by atoms with Crippen molar-refractivity contribution < 1.29 is 28.7 Å². The monoisotopic (exact) mass is 731 g/mol. The number of hydrogen-bond acceptors (Lipinski definition) is 8. The Morgan fingerprint density at radius 2 is 1.52 bits per heavy atom. The molecule has 1 saturated heterocycles. The Hall–Kier alpha value is -3.22. The summed E-state index contributed by atoms with van der Waals surface area (Å²) in [6.45, 7) is 14.8. The van der Waals surface area contributed by atoms with Crippen LogP contribution >= 0.6 is 0 Å². The number of likely N-dealkylation sites (tertiary alicyclic amines) is 1. The van der Waals surface area contributed by atoms with Gasteiger partial charge in [-0.05, 0) is 61.8 Å². The van der Waals surface area contributed by atoms with E-state index in [2.05, 4.69) is 54.1 Å². The lowest BCUT2D eigenvalue weighted by Crippen LogP contribution is -2.59. The van der Waals surface area contributed by atoms with Gasteiger partial charge in [-0.3, -0.25) is 19.2 Å². The van der Waals surface area contributed by atoms with E-state index in [1.165, 1.54) is 0 Å². The van der Waals surface area contributed by atoms with Crippen LogP contribution in [0.3, 0.4) is 0 Å². The average molecular weight is 731 g/mol. The number of amides is 4. The Kier molecular flexibility index (Phi) is 18.6. The van der Waals surface area contributed by atoms with Crippen molar-refractivity contribution >= 4 is 29.3 Å². The first-order chi connectivity index (χ1) is 24.5. The minimum Gasteiger partial charge on any atom is -0.379 e. The number of likely N-dealkylation sites (N-methyl/N-ethyl adjacent to an activating group) is 2. The molecule has 296 valence electrons. The summed E-state index contributed by atoms with van der Waals surface area (Å²) in [5.41, 5.74) is 2.27. The van der Waals surface area contributed by atoms with Gasteiger partial charge in [-0.15, -0.1) is 0 Å². The number of nitrogens with zero attached hydrogens (tertiary/aromatic N) is 3. The standard InChI is InChI=1S/C40H70N6O6/c1-14-27(6)36(45(11)40(50)35(26(4)5)43-39(49)34(41-8)25(2)3)32(51-12)24-33(47)46-23-15-16-31(46)37(52-13)28(7)38(48)42-22-21-29-17-19-30(20-18-29)44(9)10/h17-20,25-28,31-32,34-37,41H,14-16,21-24H2,1-13H3,(H,42,48)(H,43,49)/t27-,28+,31-,32+,34-,35-,36-,37+/m0/s1. The summed E-state index contributed by atoms with van der Waals surface area (Å²) in [6, 6.07) is 6.42. The Labute approximate surface area is 314 Å². The molecule has 1 aliphatic rings. The van der Waals surface area contributed by atoms with Crippen LogP contribution in [0.25, 0.3) is 0 Å². The highest BCUT2D eigenvalue weighted by Gasteiger charge is 2.43. The van der Waals surface area contributed by atoms with E-state index < -0.39 is 36.3 Å². The molecule has 1 aromatic rings. The highest BCUT2D eigenvalue weighted by molar-refractivity contribution is 5.90. The third kappa shape index (κ3) is 11.9. The van der Waals surface area contributed by atoms with Crippen LogP contribution in [0.4, 0.5) is 5.69 Å². The van der Waals surface area contributed by atoms with Crippen molar-refractivity contribution in [2.45, 2.75) is 117 Å². The number of nitrogens with one attached hydrogen (secondary N) is 3. The van der Waals surface area contributed by atoms with E-state index in [0.717, 1.165) is 30.5 Å². The van der Waals surface area contributed by atoms with Gasteiger partial charge in [0.2, 0.25) is 23.6 Å². The van der Waals surface area contributed by atoms with Crippen LogP contribution in [-0.2, 0) is 35.1 Å². The number of ether oxygens (including phenoxy) is 2. The maximum atomic E-state index is 14.1. The summed E-state index contributed by atoms with van der Waals surface area (Å²) in [4.78, 5) is 60.3. The van der Waals surface area contributed by atoms with Crippen LogP contribution in [0.1, 0.15) is 79.7 Å². The van der Waals surface area contributed by atoms with E-state index >= 15 is 0 Å². The number of benzene rings is 1. The van der Waals surface area contributed by atoms with Gasteiger partial charge >= 0.3 is 0 Å². The third-order valence-electron chi connectivity index (χ3n) is 10.9.